The molecular formula is C24H24N2O4. The maximum atomic E-state index is 13.3. The number of fused-ring (bicyclic) bond motifs is 5. The molecule has 0 saturated carbocycles. The van der Waals surface area contributed by atoms with Crippen molar-refractivity contribution in [1.29, 1.82) is 0 Å². The molecule has 154 valence electrons. The zero-order valence-corrected chi connectivity index (χ0v) is 17.3. The molecule has 0 unspecified atom stereocenters. The Hall–Kier alpha value is -3.41. The molecule has 30 heavy (non-hydrogen) atoms. The lowest BCUT2D eigenvalue weighted by Crippen LogP contribution is -2.33. The molecule has 3 aromatic rings. The third-order valence-electron chi connectivity index (χ3n) is 5.06. The molecule has 6 nitrogen and oxygen atoms in total. The van der Waals surface area contributed by atoms with Crippen LogP contribution in [-0.2, 0) is 11.3 Å². The lowest BCUT2D eigenvalue weighted by molar-refractivity contribution is 0.0526. The standard InChI is InChI=1S/C24H24N2O4/c1-24(2,3)30-23(29)25-13-8-14-26-20-16-10-5-6-11-17(16)21(27)19(20)15-9-4-7-12-18(15)22(26)28/h4-7,9-12H,8,13-14H2,1-3H3,(H,25,29). The minimum atomic E-state index is -0.565. The van der Waals surface area contributed by atoms with Crippen LogP contribution in [0.4, 0.5) is 4.79 Å². The predicted molar refractivity (Wildman–Crippen MR) is 116 cm³/mol. The number of carbonyl (C=O) groups excluding carboxylic acids is 2. The fourth-order valence-electron chi connectivity index (χ4n) is 3.88. The summed E-state index contributed by atoms with van der Waals surface area (Å²) in [5.41, 5.74) is 1.93. The number of rotatable bonds is 4. The molecule has 0 atom stereocenters. The molecule has 1 heterocycles. The molecule has 6 heteroatoms. The van der Waals surface area contributed by atoms with Gasteiger partial charge in [-0.05, 0) is 33.3 Å². The highest BCUT2D eigenvalue weighted by Crippen LogP contribution is 2.39. The summed E-state index contributed by atoms with van der Waals surface area (Å²) < 4.78 is 6.91. The van der Waals surface area contributed by atoms with Gasteiger partial charge in [0, 0.05) is 35.0 Å². The number of pyridine rings is 1. The molecule has 0 fully saturated rings. The molecule has 1 aliphatic carbocycles. The van der Waals surface area contributed by atoms with Crippen LogP contribution in [0.5, 0.6) is 0 Å². The second kappa shape index (κ2) is 7.44. The first-order valence-corrected chi connectivity index (χ1v) is 10.0. The van der Waals surface area contributed by atoms with Gasteiger partial charge in [0.25, 0.3) is 5.56 Å². The van der Waals surface area contributed by atoms with Crippen LogP contribution in [0, 0.1) is 0 Å². The van der Waals surface area contributed by atoms with E-state index in [1.165, 1.54) is 0 Å². The fraction of sp³-hybridized carbons (Fsp3) is 0.292. The van der Waals surface area contributed by atoms with Crippen molar-refractivity contribution < 1.29 is 14.3 Å². The van der Waals surface area contributed by atoms with Crippen LogP contribution >= 0.6 is 0 Å². The maximum Gasteiger partial charge on any atom is 0.407 e. The van der Waals surface area contributed by atoms with Gasteiger partial charge in [-0.2, -0.15) is 0 Å². The number of amides is 1. The summed E-state index contributed by atoms with van der Waals surface area (Å²) in [4.78, 5) is 38.2. The highest BCUT2D eigenvalue weighted by atomic mass is 16.6. The van der Waals surface area contributed by atoms with Crippen LogP contribution in [0.15, 0.2) is 53.3 Å². The minimum absolute atomic E-state index is 0.0579. The molecule has 0 aliphatic heterocycles. The molecule has 0 spiro atoms. The van der Waals surface area contributed by atoms with Crippen LogP contribution in [0.3, 0.4) is 0 Å². The van der Waals surface area contributed by atoms with Gasteiger partial charge in [0.1, 0.15) is 5.60 Å². The Morgan fingerprint density at radius 1 is 0.967 bits per heavy atom. The number of hydrogen-bond acceptors (Lipinski definition) is 4. The third-order valence-corrected chi connectivity index (χ3v) is 5.06. The maximum absolute atomic E-state index is 13.3. The van der Waals surface area contributed by atoms with Crippen LogP contribution in [0.25, 0.3) is 22.0 Å². The van der Waals surface area contributed by atoms with E-state index in [1.54, 1.807) is 43.5 Å². The van der Waals surface area contributed by atoms with E-state index in [1.807, 2.05) is 30.3 Å². The summed E-state index contributed by atoms with van der Waals surface area (Å²) in [5.74, 6) is -0.0579. The fourth-order valence-corrected chi connectivity index (χ4v) is 3.88. The SMILES string of the molecule is CC(C)(C)OC(=O)NCCCn1c2c(c3ccccc3c1=O)C(=O)c1ccccc1-2. The Bertz CT molecular complexity index is 1220. The van der Waals surface area contributed by atoms with Gasteiger partial charge in [-0.1, -0.05) is 42.5 Å². The Balaban J connectivity index is 1.68. The summed E-state index contributed by atoms with van der Waals surface area (Å²) in [6, 6.07) is 14.6. The van der Waals surface area contributed by atoms with Crippen LogP contribution < -0.4 is 10.9 Å². The largest absolute Gasteiger partial charge is 0.444 e. The van der Waals surface area contributed by atoms with E-state index in [9.17, 15) is 14.4 Å². The minimum Gasteiger partial charge on any atom is -0.444 e. The van der Waals surface area contributed by atoms with Crippen molar-refractivity contribution in [2.75, 3.05) is 6.54 Å². The van der Waals surface area contributed by atoms with Gasteiger partial charge in [-0.3, -0.25) is 9.59 Å². The first kappa shape index (κ1) is 19.9. The van der Waals surface area contributed by atoms with Gasteiger partial charge in [0.05, 0.1) is 11.3 Å². The monoisotopic (exact) mass is 404 g/mol. The van der Waals surface area contributed by atoms with E-state index in [2.05, 4.69) is 5.32 Å². The van der Waals surface area contributed by atoms with Crippen LogP contribution in [-0.4, -0.2) is 28.6 Å². The topological polar surface area (TPSA) is 77.4 Å². The molecule has 1 aromatic heterocycles. The molecule has 2 aromatic carbocycles. The molecule has 1 aliphatic rings. The van der Waals surface area contributed by atoms with E-state index in [0.29, 0.717) is 47.1 Å². The predicted octanol–water partition coefficient (Wildman–Crippen LogP) is 4.13. The Morgan fingerprint density at radius 2 is 1.60 bits per heavy atom. The summed E-state index contributed by atoms with van der Waals surface area (Å²) >= 11 is 0. The van der Waals surface area contributed by atoms with Gasteiger partial charge in [0.15, 0.2) is 5.78 Å². The van der Waals surface area contributed by atoms with Crippen molar-refractivity contribution in [1.82, 2.24) is 9.88 Å². The molecular weight excluding hydrogens is 380 g/mol. The molecule has 1 amide bonds. The van der Waals surface area contributed by atoms with Crippen LogP contribution in [0.2, 0.25) is 0 Å². The number of ketones is 1. The molecule has 0 radical (unpaired) electrons. The van der Waals surface area contributed by atoms with Gasteiger partial charge in [-0.15, -0.1) is 0 Å². The van der Waals surface area contributed by atoms with E-state index in [0.717, 1.165) is 5.56 Å². The van der Waals surface area contributed by atoms with E-state index in [4.69, 9.17) is 4.74 Å². The number of nitrogens with one attached hydrogen (secondary N) is 1. The second-order valence-electron chi connectivity index (χ2n) is 8.38. The number of nitrogens with zero attached hydrogens (tertiary/aromatic N) is 1. The summed E-state index contributed by atoms with van der Waals surface area (Å²) in [7, 11) is 0. The zero-order valence-electron chi connectivity index (χ0n) is 17.3. The van der Waals surface area contributed by atoms with Crippen molar-refractivity contribution in [3.63, 3.8) is 0 Å². The summed E-state index contributed by atoms with van der Waals surface area (Å²) in [6.07, 6.45) is 0.0411. The van der Waals surface area contributed by atoms with Crippen molar-refractivity contribution in [2.24, 2.45) is 0 Å². The normalized spacial score (nSPS) is 12.6. The molecule has 0 saturated heterocycles. The van der Waals surface area contributed by atoms with Gasteiger partial charge in [-0.25, -0.2) is 4.79 Å². The quantitative estimate of drug-likeness (QED) is 0.519. The number of ether oxygens (including phenoxy) is 1. The summed E-state index contributed by atoms with van der Waals surface area (Å²) in [6.45, 7) is 6.15. The first-order chi connectivity index (χ1) is 14.3. The highest BCUT2D eigenvalue weighted by Gasteiger charge is 2.32. The third kappa shape index (κ3) is 3.49. The Kier molecular flexibility index (Phi) is 4.94. The van der Waals surface area contributed by atoms with Gasteiger partial charge >= 0.3 is 6.09 Å². The van der Waals surface area contributed by atoms with Gasteiger partial charge in [0.2, 0.25) is 0 Å². The number of aromatic nitrogens is 1. The molecule has 0 bridgehead atoms. The van der Waals surface area contributed by atoms with Gasteiger partial charge < -0.3 is 14.6 Å². The molecule has 1 N–H and O–H groups in total. The average molecular weight is 404 g/mol. The van der Waals surface area contributed by atoms with Crippen molar-refractivity contribution >= 4 is 22.6 Å². The van der Waals surface area contributed by atoms with Crippen molar-refractivity contribution in [3.05, 3.63) is 70.0 Å². The molecule has 4 rings (SSSR count). The zero-order chi connectivity index (χ0) is 21.5. The van der Waals surface area contributed by atoms with Crippen LogP contribution in [0.1, 0.15) is 43.1 Å². The Morgan fingerprint density at radius 3 is 2.30 bits per heavy atom. The highest BCUT2D eigenvalue weighted by molar-refractivity contribution is 6.26. The number of carbonyl (C=O) groups is 2. The second-order valence-corrected chi connectivity index (χ2v) is 8.38. The number of alkyl carbamates (subject to hydrolysis) is 1. The van der Waals surface area contributed by atoms with E-state index < -0.39 is 11.7 Å². The van der Waals surface area contributed by atoms with E-state index >= 15 is 0 Å². The van der Waals surface area contributed by atoms with Crippen molar-refractivity contribution in [3.8, 4) is 11.3 Å². The average Bonchev–Trinajstić information content (AvgIpc) is 2.99. The van der Waals surface area contributed by atoms with E-state index in [-0.39, 0.29) is 11.3 Å². The lowest BCUT2D eigenvalue weighted by atomic mass is 10.0. The summed E-state index contributed by atoms with van der Waals surface area (Å²) in [5, 5.41) is 3.93. The smallest absolute Gasteiger partial charge is 0.407 e. The van der Waals surface area contributed by atoms with Crippen molar-refractivity contribution in [2.45, 2.75) is 39.3 Å². The first-order valence-electron chi connectivity index (χ1n) is 10.0. The lowest BCUT2D eigenvalue weighted by Gasteiger charge is -2.20. The number of benzene rings is 2. The Labute approximate surface area is 174 Å². The number of hydrogen-bond donors (Lipinski definition) is 1.